The summed E-state index contributed by atoms with van der Waals surface area (Å²) in [5.74, 6) is -1.03. The summed E-state index contributed by atoms with van der Waals surface area (Å²) >= 11 is 0. The molecule has 8 nitrogen and oxygen atoms in total. The Bertz CT molecular complexity index is 1360. The molecule has 0 fully saturated rings. The van der Waals surface area contributed by atoms with Crippen LogP contribution in [0.5, 0.6) is 0 Å². The molecule has 2 heterocycles. The summed E-state index contributed by atoms with van der Waals surface area (Å²) in [6.45, 7) is 3.24. The topological polar surface area (TPSA) is 98.1 Å². The van der Waals surface area contributed by atoms with Crippen LogP contribution in [0.2, 0.25) is 0 Å². The number of H-pyrrole nitrogens is 1. The molecule has 0 saturated carbocycles. The lowest BCUT2D eigenvalue weighted by Gasteiger charge is -2.13. The number of carbonyl (C=O) groups excluding carboxylic acids is 2. The number of benzene rings is 2. The second-order valence-electron chi connectivity index (χ2n) is 7.92. The number of fused-ring (bicyclic) bond motifs is 1. The summed E-state index contributed by atoms with van der Waals surface area (Å²) in [7, 11) is 1.74. The average molecular weight is 447 g/mol. The molecule has 170 valence electrons. The highest BCUT2D eigenvalue weighted by Crippen LogP contribution is 2.19. The van der Waals surface area contributed by atoms with Gasteiger partial charge in [0, 0.05) is 30.6 Å². The van der Waals surface area contributed by atoms with Crippen LogP contribution in [0, 0.1) is 6.92 Å². The molecular formula is C25H26N4O4. The Hall–Kier alpha value is -4.07. The number of aromatic amines is 1. The third-order valence-corrected chi connectivity index (χ3v) is 5.75. The van der Waals surface area contributed by atoms with Gasteiger partial charge in [-0.25, -0.2) is 4.68 Å². The minimum atomic E-state index is -1.04. The van der Waals surface area contributed by atoms with Crippen LogP contribution in [0.4, 0.5) is 5.69 Å². The molecule has 4 aromatic rings. The molecule has 0 aliphatic rings. The van der Waals surface area contributed by atoms with Crippen LogP contribution in [-0.2, 0) is 27.8 Å². The molecule has 2 aromatic carbocycles. The van der Waals surface area contributed by atoms with Gasteiger partial charge in [0.05, 0.1) is 11.4 Å². The molecule has 0 aliphatic heterocycles. The number of nitrogens with one attached hydrogen (secondary N) is 2. The van der Waals surface area contributed by atoms with Gasteiger partial charge in [-0.05, 0) is 44.0 Å². The number of rotatable bonds is 7. The van der Waals surface area contributed by atoms with Crippen LogP contribution in [0.1, 0.15) is 24.6 Å². The molecule has 33 heavy (non-hydrogen) atoms. The molecule has 8 heteroatoms. The van der Waals surface area contributed by atoms with E-state index in [0.717, 1.165) is 16.5 Å². The quantitative estimate of drug-likeness (QED) is 0.425. The minimum absolute atomic E-state index is 0.143. The maximum atomic E-state index is 12.9. The fraction of sp³-hybridized carbons (Fsp3) is 0.240. The Morgan fingerprint density at radius 2 is 1.79 bits per heavy atom. The second-order valence-corrected chi connectivity index (χ2v) is 7.92. The summed E-state index contributed by atoms with van der Waals surface area (Å²) in [5.41, 5.74) is 3.11. The highest BCUT2D eigenvalue weighted by atomic mass is 16.5. The Labute approximate surface area is 190 Å². The van der Waals surface area contributed by atoms with E-state index in [0.29, 0.717) is 17.8 Å². The summed E-state index contributed by atoms with van der Waals surface area (Å²) in [6, 6.07) is 17.0. The van der Waals surface area contributed by atoms with Crippen LogP contribution >= 0.6 is 0 Å². The van der Waals surface area contributed by atoms with Crippen LogP contribution in [0.3, 0.4) is 0 Å². The van der Waals surface area contributed by atoms with Crippen molar-refractivity contribution >= 4 is 28.5 Å². The number of hydrogen-bond donors (Lipinski definition) is 2. The first-order valence-corrected chi connectivity index (χ1v) is 10.8. The van der Waals surface area contributed by atoms with E-state index in [1.165, 1.54) is 11.6 Å². The summed E-state index contributed by atoms with van der Waals surface area (Å²) in [4.78, 5) is 41.1. The number of amides is 1. The van der Waals surface area contributed by atoms with E-state index in [1.807, 2.05) is 60.8 Å². The van der Waals surface area contributed by atoms with Gasteiger partial charge in [0.15, 0.2) is 6.10 Å². The number of para-hydroxylation sites is 2. The summed E-state index contributed by atoms with van der Waals surface area (Å²) in [5, 5.41) is 3.69. The Morgan fingerprint density at radius 1 is 1.09 bits per heavy atom. The predicted octanol–water partition coefficient (Wildman–Crippen LogP) is 3.47. The van der Waals surface area contributed by atoms with Crippen molar-refractivity contribution in [3.63, 3.8) is 0 Å². The number of hydrogen-bond acceptors (Lipinski definition) is 4. The van der Waals surface area contributed by atoms with Crippen LogP contribution in [-0.4, -0.2) is 32.3 Å². The lowest BCUT2D eigenvalue weighted by Crippen LogP contribution is -2.32. The Morgan fingerprint density at radius 3 is 2.55 bits per heavy atom. The molecule has 1 amide bonds. The van der Waals surface area contributed by atoms with Crippen molar-refractivity contribution in [2.45, 2.75) is 32.8 Å². The molecule has 0 bridgehead atoms. The number of anilines is 1. The van der Waals surface area contributed by atoms with Crippen molar-refractivity contribution in [1.82, 2.24) is 14.3 Å². The monoisotopic (exact) mass is 446 g/mol. The van der Waals surface area contributed by atoms with Gasteiger partial charge in [0.25, 0.3) is 11.5 Å². The molecule has 0 aliphatic carbocycles. The zero-order chi connectivity index (χ0) is 23.5. The van der Waals surface area contributed by atoms with Gasteiger partial charge in [0.2, 0.25) is 0 Å². The first-order valence-electron chi connectivity index (χ1n) is 10.8. The number of aromatic nitrogens is 3. The molecular weight excluding hydrogens is 420 g/mol. The van der Waals surface area contributed by atoms with Crippen molar-refractivity contribution in [3.8, 4) is 5.69 Å². The van der Waals surface area contributed by atoms with Gasteiger partial charge in [0.1, 0.15) is 5.69 Å². The van der Waals surface area contributed by atoms with Crippen molar-refractivity contribution in [2.24, 2.45) is 7.05 Å². The largest absolute Gasteiger partial charge is 0.453 e. The smallest absolute Gasteiger partial charge is 0.306 e. The summed E-state index contributed by atoms with van der Waals surface area (Å²) in [6.07, 6.45) is 1.48. The normalized spacial score (nSPS) is 12.0. The maximum absolute atomic E-state index is 12.9. The standard InChI is InChI=1S/C25H26N4O4/c1-16-23(25(32)29(28(16)3)19-9-5-4-6-10-19)27-24(31)17(2)33-22(30)14-13-18-15-26-21-12-8-7-11-20(18)21/h4-12,15,17,26H,13-14H2,1-3H3,(H,27,31)/t17-/m0/s1. The zero-order valence-corrected chi connectivity index (χ0v) is 18.8. The van der Waals surface area contributed by atoms with Crippen molar-refractivity contribution < 1.29 is 14.3 Å². The maximum Gasteiger partial charge on any atom is 0.306 e. The van der Waals surface area contributed by atoms with Crippen molar-refractivity contribution in [3.05, 3.63) is 82.4 Å². The van der Waals surface area contributed by atoms with Gasteiger partial charge >= 0.3 is 5.97 Å². The molecule has 0 spiro atoms. The molecule has 4 rings (SSSR count). The number of carbonyl (C=O) groups is 2. The van der Waals surface area contributed by atoms with Gasteiger partial charge in [-0.1, -0.05) is 36.4 Å². The van der Waals surface area contributed by atoms with E-state index in [1.54, 1.807) is 18.7 Å². The third-order valence-electron chi connectivity index (χ3n) is 5.75. The van der Waals surface area contributed by atoms with Gasteiger partial charge in [-0.3, -0.25) is 19.1 Å². The minimum Gasteiger partial charge on any atom is -0.453 e. The van der Waals surface area contributed by atoms with Crippen molar-refractivity contribution in [2.75, 3.05) is 5.32 Å². The Balaban J connectivity index is 1.40. The van der Waals surface area contributed by atoms with Crippen LogP contribution in [0.15, 0.2) is 65.6 Å². The summed E-state index contributed by atoms with van der Waals surface area (Å²) < 4.78 is 8.47. The predicted molar refractivity (Wildman–Crippen MR) is 127 cm³/mol. The SMILES string of the molecule is Cc1c(NC(=O)[C@H](C)OC(=O)CCc2c[nH]c3ccccc23)c(=O)n(-c2ccccc2)n1C. The molecule has 2 N–H and O–H groups in total. The van der Waals surface area contributed by atoms with Crippen LogP contribution in [0.25, 0.3) is 16.6 Å². The van der Waals surface area contributed by atoms with Gasteiger partial charge in [-0.15, -0.1) is 0 Å². The highest BCUT2D eigenvalue weighted by molar-refractivity contribution is 5.95. The molecule has 2 aromatic heterocycles. The van der Waals surface area contributed by atoms with E-state index in [-0.39, 0.29) is 17.7 Å². The molecule has 0 radical (unpaired) electrons. The highest BCUT2D eigenvalue weighted by Gasteiger charge is 2.23. The van der Waals surface area contributed by atoms with E-state index < -0.39 is 18.0 Å². The lowest BCUT2D eigenvalue weighted by molar-refractivity contribution is -0.153. The fourth-order valence-corrected chi connectivity index (χ4v) is 3.82. The molecule has 1 atom stereocenters. The van der Waals surface area contributed by atoms with Crippen molar-refractivity contribution in [1.29, 1.82) is 0 Å². The number of nitrogens with zero attached hydrogens (tertiary/aromatic N) is 2. The zero-order valence-electron chi connectivity index (χ0n) is 18.8. The van der Waals surface area contributed by atoms with E-state index in [9.17, 15) is 14.4 Å². The number of aryl methyl sites for hydroxylation is 1. The number of esters is 1. The first kappa shape index (κ1) is 22.1. The molecule has 0 saturated heterocycles. The first-order chi connectivity index (χ1) is 15.9. The van der Waals surface area contributed by atoms with Gasteiger partial charge < -0.3 is 15.0 Å². The molecule has 0 unspecified atom stereocenters. The van der Waals surface area contributed by atoms with Crippen LogP contribution < -0.4 is 10.9 Å². The second kappa shape index (κ2) is 9.20. The van der Waals surface area contributed by atoms with E-state index in [4.69, 9.17) is 4.74 Å². The fourth-order valence-electron chi connectivity index (χ4n) is 3.82. The third kappa shape index (κ3) is 4.45. The number of ether oxygens (including phenoxy) is 1. The van der Waals surface area contributed by atoms with E-state index >= 15 is 0 Å². The van der Waals surface area contributed by atoms with Gasteiger partial charge in [-0.2, -0.15) is 0 Å². The van der Waals surface area contributed by atoms with E-state index in [2.05, 4.69) is 10.3 Å². The Kier molecular flexibility index (Phi) is 6.17. The average Bonchev–Trinajstić information content (AvgIpc) is 3.32. The lowest BCUT2D eigenvalue weighted by atomic mass is 10.1.